The molecule has 1 aliphatic carbocycles. The van der Waals surface area contributed by atoms with Gasteiger partial charge in [0.05, 0.1) is 30.6 Å². The summed E-state index contributed by atoms with van der Waals surface area (Å²) in [7, 11) is 0. The lowest BCUT2D eigenvalue weighted by Crippen LogP contribution is -2.49. The number of carbonyl (C=O) groups is 1. The smallest absolute Gasteiger partial charge is 0.377 e. The van der Waals surface area contributed by atoms with Crippen LogP contribution in [-0.4, -0.2) is 47.7 Å². The fraction of sp³-hybridized carbons (Fsp3) is 0.560. The largest absolute Gasteiger partial charge is 0.433 e. The highest BCUT2D eigenvalue weighted by Gasteiger charge is 2.38. The molecule has 1 saturated carbocycles. The Morgan fingerprint density at radius 2 is 2.03 bits per heavy atom. The zero-order valence-corrected chi connectivity index (χ0v) is 19.4. The van der Waals surface area contributed by atoms with Gasteiger partial charge in [0, 0.05) is 37.0 Å². The van der Waals surface area contributed by atoms with E-state index in [4.69, 9.17) is 4.74 Å². The molecule has 5 rings (SSSR count). The normalized spacial score (nSPS) is 28.7. The van der Waals surface area contributed by atoms with Crippen LogP contribution in [-0.2, 0) is 10.9 Å². The van der Waals surface area contributed by atoms with Gasteiger partial charge in [0.2, 0.25) is 0 Å². The van der Waals surface area contributed by atoms with Gasteiger partial charge in [-0.15, -0.1) is 0 Å². The molecule has 10 heteroatoms. The Morgan fingerprint density at radius 1 is 1.20 bits per heavy atom. The van der Waals surface area contributed by atoms with Gasteiger partial charge in [-0.3, -0.25) is 14.8 Å². The van der Waals surface area contributed by atoms with E-state index >= 15 is 0 Å². The van der Waals surface area contributed by atoms with Crippen LogP contribution in [0.4, 0.5) is 23.2 Å². The summed E-state index contributed by atoms with van der Waals surface area (Å²) in [5, 5.41) is 2.91. The number of nitrogens with zero attached hydrogens (tertiary/aromatic N) is 3. The van der Waals surface area contributed by atoms with Gasteiger partial charge in [0.25, 0.3) is 5.91 Å². The number of rotatable bonds is 3. The average Bonchev–Trinajstić information content (AvgIpc) is 2.84. The molecule has 188 valence electrons. The van der Waals surface area contributed by atoms with Crippen LogP contribution in [0.15, 0.2) is 30.6 Å². The molecule has 0 aromatic carbocycles. The summed E-state index contributed by atoms with van der Waals surface area (Å²) >= 11 is 0. The molecule has 5 unspecified atom stereocenters. The summed E-state index contributed by atoms with van der Waals surface area (Å²) in [6.07, 6.45) is -0.400. The van der Waals surface area contributed by atoms with Crippen LogP contribution in [0, 0.1) is 5.92 Å². The van der Waals surface area contributed by atoms with Gasteiger partial charge < -0.3 is 15.0 Å². The lowest BCUT2D eigenvalue weighted by atomic mass is 9.74. The van der Waals surface area contributed by atoms with Crippen molar-refractivity contribution >= 4 is 11.6 Å². The van der Waals surface area contributed by atoms with E-state index in [1.807, 2.05) is 6.07 Å². The number of alkyl halides is 4. The van der Waals surface area contributed by atoms with E-state index in [1.165, 1.54) is 6.07 Å². The fourth-order valence-corrected chi connectivity index (χ4v) is 5.58. The maximum absolute atomic E-state index is 14.8. The molecule has 0 spiro atoms. The third-order valence-electron chi connectivity index (χ3n) is 7.50. The van der Waals surface area contributed by atoms with Crippen LogP contribution in [0.25, 0.3) is 0 Å². The number of hydrogen-bond acceptors (Lipinski definition) is 5. The Hall–Kier alpha value is -2.75. The van der Waals surface area contributed by atoms with Gasteiger partial charge in [-0.2, -0.15) is 13.2 Å². The van der Waals surface area contributed by atoms with Crippen LogP contribution < -0.4 is 10.2 Å². The van der Waals surface area contributed by atoms with Gasteiger partial charge in [-0.05, 0) is 54.9 Å². The number of carbonyl (C=O) groups excluding carboxylic acids is 1. The zero-order chi connectivity index (χ0) is 24.7. The molecule has 2 aliphatic heterocycles. The number of anilines is 1. The second-order valence-electron chi connectivity index (χ2n) is 9.79. The number of halogens is 4. The topological polar surface area (TPSA) is 67.4 Å². The number of amides is 1. The number of nitrogens with one attached hydrogen (secondary N) is 1. The van der Waals surface area contributed by atoms with Crippen LogP contribution in [0.1, 0.15) is 72.0 Å². The summed E-state index contributed by atoms with van der Waals surface area (Å²) in [5.41, 5.74) is 1.14. The molecule has 4 heterocycles. The number of fused-ring (bicyclic) bond motifs is 3. The first-order valence-electron chi connectivity index (χ1n) is 12.0. The molecule has 6 nitrogen and oxygen atoms in total. The Balaban J connectivity index is 1.33. The molecule has 1 N–H and O–H groups in total. The van der Waals surface area contributed by atoms with E-state index in [-0.39, 0.29) is 23.6 Å². The summed E-state index contributed by atoms with van der Waals surface area (Å²) in [6, 6.07) is 3.91. The Morgan fingerprint density at radius 3 is 2.83 bits per heavy atom. The van der Waals surface area contributed by atoms with E-state index in [0.29, 0.717) is 44.2 Å². The first-order valence-corrected chi connectivity index (χ1v) is 12.0. The number of hydrogen-bond donors (Lipinski definition) is 1. The highest BCUT2D eigenvalue weighted by Crippen LogP contribution is 2.43. The molecule has 2 aromatic heterocycles. The third-order valence-corrected chi connectivity index (χ3v) is 7.50. The molecule has 0 bridgehead atoms. The van der Waals surface area contributed by atoms with Crippen molar-refractivity contribution in [2.75, 3.05) is 24.7 Å². The van der Waals surface area contributed by atoms with Crippen molar-refractivity contribution < 1.29 is 27.1 Å². The Bertz CT molecular complexity index is 1100. The maximum Gasteiger partial charge on any atom is 0.433 e. The lowest BCUT2D eigenvalue weighted by Gasteiger charge is -2.43. The SMILES string of the molecule is CC1CCC(NC(=O)c2ccnc(C(F)(F)F)c2)CC1c1cnc2c(c1)N1CCOCC1CC2F. The number of morpholine rings is 1. The second kappa shape index (κ2) is 9.37. The minimum atomic E-state index is -4.61. The first kappa shape index (κ1) is 24.0. The van der Waals surface area contributed by atoms with E-state index in [0.717, 1.165) is 36.4 Å². The number of aromatic nitrogens is 2. The predicted octanol–water partition coefficient (Wildman–Crippen LogP) is 4.82. The van der Waals surface area contributed by atoms with Crippen molar-refractivity contribution in [1.82, 2.24) is 15.3 Å². The molecule has 1 amide bonds. The zero-order valence-electron chi connectivity index (χ0n) is 19.4. The Kier molecular flexibility index (Phi) is 6.41. The standard InChI is InChI=1S/C25H28F4N4O2/c1-14-2-3-17(32-24(34)15-4-5-30-22(9-15)25(27,28)29)10-19(14)16-8-21-23(31-12-16)20(26)11-18-13-35-7-6-33(18)21/h4-5,8-9,12,14,17-20H,2-3,6-7,10-11,13H2,1H3,(H,32,34). The minimum Gasteiger partial charge on any atom is -0.377 e. The van der Waals surface area contributed by atoms with Crippen LogP contribution in [0.2, 0.25) is 0 Å². The van der Waals surface area contributed by atoms with Gasteiger partial charge >= 0.3 is 6.18 Å². The van der Waals surface area contributed by atoms with Crippen molar-refractivity contribution in [2.24, 2.45) is 5.92 Å². The van der Waals surface area contributed by atoms with Crippen molar-refractivity contribution in [3.05, 3.63) is 53.1 Å². The Labute approximate surface area is 201 Å². The molecule has 3 aliphatic rings. The van der Waals surface area contributed by atoms with E-state index in [1.54, 1.807) is 6.20 Å². The van der Waals surface area contributed by atoms with Crippen molar-refractivity contribution in [3.8, 4) is 0 Å². The van der Waals surface area contributed by atoms with E-state index in [9.17, 15) is 22.4 Å². The number of ether oxygens (including phenoxy) is 1. The van der Waals surface area contributed by atoms with Gasteiger partial charge in [-0.25, -0.2) is 4.39 Å². The lowest BCUT2D eigenvalue weighted by molar-refractivity contribution is -0.141. The van der Waals surface area contributed by atoms with Crippen molar-refractivity contribution in [3.63, 3.8) is 0 Å². The molecule has 5 atom stereocenters. The summed E-state index contributed by atoms with van der Waals surface area (Å²) in [5.74, 6) is -0.128. The highest BCUT2D eigenvalue weighted by atomic mass is 19.4. The van der Waals surface area contributed by atoms with Crippen LogP contribution >= 0.6 is 0 Å². The van der Waals surface area contributed by atoms with Gasteiger partial charge in [0.1, 0.15) is 11.9 Å². The highest BCUT2D eigenvalue weighted by molar-refractivity contribution is 5.94. The molecule has 1 saturated heterocycles. The minimum absolute atomic E-state index is 0.000988. The third kappa shape index (κ3) is 4.85. The van der Waals surface area contributed by atoms with Crippen molar-refractivity contribution in [2.45, 2.75) is 63.0 Å². The average molecular weight is 493 g/mol. The molecule has 0 radical (unpaired) electrons. The van der Waals surface area contributed by atoms with Crippen LogP contribution in [0.5, 0.6) is 0 Å². The monoisotopic (exact) mass is 492 g/mol. The first-order chi connectivity index (χ1) is 16.7. The second-order valence-corrected chi connectivity index (χ2v) is 9.79. The predicted molar refractivity (Wildman–Crippen MR) is 121 cm³/mol. The van der Waals surface area contributed by atoms with Gasteiger partial charge in [0.15, 0.2) is 0 Å². The molecule has 35 heavy (non-hydrogen) atoms. The van der Waals surface area contributed by atoms with Crippen molar-refractivity contribution in [1.29, 1.82) is 0 Å². The summed E-state index contributed by atoms with van der Waals surface area (Å²) in [6.45, 7) is 3.94. The molecular weight excluding hydrogens is 464 g/mol. The summed E-state index contributed by atoms with van der Waals surface area (Å²) < 4.78 is 59.3. The number of pyridine rings is 2. The van der Waals surface area contributed by atoms with E-state index in [2.05, 4.69) is 27.1 Å². The van der Waals surface area contributed by atoms with Gasteiger partial charge in [-0.1, -0.05) is 6.92 Å². The molecule has 2 aromatic rings. The maximum atomic E-state index is 14.8. The quantitative estimate of drug-likeness (QED) is 0.623. The van der Waals surface area contributed by atoms with Crippen LogP contribution in [0.3, 0.4) is 0 Å². The fourth-order valence-electron chi connectivity index (χ4n) is 5.58. The molecular formula is C25H28F4N4O2. The van der Waals surface area contributed by atoms with E-state index < -0.39 is 23.9 Å². The molecule has 2 fully saturated rings. The summed E-state index contributed by atoms with van der Waals surface area (Å²) in [4.78, 5) is 22.7.